The zero-order chi connectivity index (χ0) is 20.9. The minimum atomic E-state index is -0.793. The first-order valence-electron chi connectivity index (χ1n) is 9.64. The van der Waals surface area contributed by atoms with Crippen molar-refractivity contribution in [1.29, 1.82) is 0 Å². The van der Waals surface area contributed by atoms with Crippen LogP contribution in [-0.2, 0) is 14.4 Å². The van der Waals surface area contributed by atoms with E-state index < -0.39 is 11.8 Å². The maximum absolute atomic E-state index is 12.3. The topological polar surface area (TPSA) is 109 Å². The fourth-order valence-corrected chi connectivity index (χ4v) is 3.40. The number of amides is 3. The van der Waals surface area contributed by atoms with Gasteiger partial charge < -0.3 is 20.0 Å². The van der Waals surface area contributed by atoms with E-state index >= 15 is 0 Å². The van der Waals surface area contributed by atoms with Crippen LogP contribution >= 0.6 is 0 Å². The molecule has 0 bridgehead atoms. The molecular formula is C21H21N5O4. The lowest BCUT2D eigenvalue weighted by molar-refractivity contribution is -0.136. The van der Waals surface area contributed by atoms with E-state index in [-0.39, 0.29) is 18.5 Å². The highest BCUT2D eigenvalue weighted by molar-refractivity contribution is 6.39. The second-order valence-corrected chi connectivity index (χ2v) is 6.88. The van der Waals surface area contributed by atoms with E-state index in [1.807, 2.05) is 0 Å². The molecule has 3 aromatic rings. The molecule has 1 atom stereocenters. The smallest absolute Gasteiger partial charge is 0.313 e. The van der Waals surface area contributed by atoms with E-state index in [4.69, 9.17) is 4.42 Å². The summed E-state index contributed by atoms with van der Waals surface area (Å²) in [4.78, 5) is 38.3. The van der Waals surface area contributed by atoms with Crippen LogP contribution in [0.1, 0.15) is 24.6 Å². The quantitative estimate of drug-likeness (QED) is 0.607. The van der Waals surface area contributed by atoms with E-state index in [2.05, 4.69) is 15.7 Å². The van der Waals surface area contributed by atoms with Gasteiger partial charge in [0, 0.05) is 43.3 Å². The fraction of sp³-hybridized carbons (Fsp3) is 0.238. The van der Waals surface area contributed by atoms with Crippen molar-refractivity contribution in [2.24, 2.45) is 0 Å². The monoisotopic (exact) mass is 407 g/mol. The van der Waals surface area contributed by atoms with Gasteiger partial charge in [-0.25, -0.2) is 0 Å². The van der Waals surface area contributed by atoms with Crippen molar-refractivity contribution >= 4 is 29.1 Å². The van der Waals surface area contributed by atoms with Gasteiger partial charge in [-0.3, -0.25) is 19.1 Å². The molecule has 0 radical (unpaired) electrons. The number of aromatic nitrogens is 2. The summed E-state index contributed by atoms with van der Waals surface area (Å²) in [6, 6.07) is 11.8. The van der Waals surface area contributed by atoms with E-state index in [0.717, 1.165) is 6.42 Å². The molecule has 30 heavy (non-hydrogen) atoms. The van der Waals surface area contributed by atoms with Gasteiger partial charge in [0.15, 0.2) is 0 Å². The van der Waals surface area contributed by atoms with Gasteiger partial charge in [0.1, 0.15) is 11.8 Å². The standard InChI is InChI=1S/C21H21N5O4/c27-19-8-2-10-25(19)16-6-1-5-15(13-16)24-21(29)20(28)22-14-17(18-7-3-12-30-18)26-11-4-9-23-26/h1,3-7,9,11-13,17H,2,8,10,14H2,(H,22,28)(H,24,29)/t17-/m1/s1. The lowest BCUT2D eigenvalue weighted by Crippen LogP contribution is -2.39. The van der Waals surface area contributed by atoms with Crippen LogP contribution in [0.2, 0.25) is 0 Å². The Kier molecular flexibility index (Phi) is 5.60. The highest BCUT2D eigenvalue weighted by atomic mass is 16.3. The fourth-order valence-electron chi connectivity index (χ4n) is 3.40. The Hall–Kier alpha value is -3.88. The molecule has 0 unspecified atom stereocenters. The summed E-state index contributed by atoms with van der Waals surface area (Å²) >= 11 is 0. The molecule has 9 heteroatoms. The first-order chi connectivity index (χ1) is 14.6. The van der Waals surface area contributed by atoms with E-state index in [9.17, 15) is 14.4 Å². The lowest BCUT2D eigenvalue weighted by atomic mass is 10.2. The van der Waals surface area contributed by atoms with E-state index in [1.165, 1.54) is 0 Å². The maximum atomic E-state index is 12.3. The minimum Gasteiger partial charge on any atom is -0.467 e. The van der Waals surface area contributed by atoms with Gasteiger partial charge in [-0.1, -0.05) is 6.07 Å². The molecule has 3 heterocycles. The molecule has 1 saturated heterocycles. The van der Waals surface area contributed by atoms with Crippen molar-refractivity contribution in [3.8, 4) is 0 Å². The molecule has 1 aliphatic heterocycles. The van der Waals surface area contributed by atoms with Crippen LogP contribution in [0.5, 0.6) is 0 Å². The van der Waals surface area contributed by atoms with Gasteiger partial charge in [0.25, 0.3) is 0 Å². The maximum Gasteiger partial charge on any atom is 0.313 e. The molecule has 1 aliphatic rings. The van der Waals surface area contributed by atoms with Crippen LogP contribution in [0.3, 0.4) is 0 Å². The van der Waals surface area contributed by atoms with E-state index in [1.54, 1.807) is 70.7 Å². The Labute approximate surface area is 172 Å². The summed E-state index contributed by atoms with van der Waals surface area (Å²) in [5.41, 5.74) is 1.15. The van der Waals surface area contributed by atoms with Crippen molar-refractivity contribution < 1.29 is 18.8 Å². The Balaban J connectivity index is 1.38. The zero-order valence-electron chi connectivity index (χ0n) is 16.2. The molecule has 0 aliphatic carbocycles. The van der Waals surface area contributed by atoms with Gasteiger partial charge in [0.05, 0.1) is 6.26 Å². The third-order valence-electron chi connectivity index (χ3n) is 4.87. The zero-order valence-corrected chi connectivity index (χ0v) is 16.2. The molecule has 2 aromatic heterocycles. The highest BCUT2D eigenvalue weighted by Crippen LogP contribution is 2.24. The third kappa shape index (κ3) is 4.24. The molecule has 1 fully saturated rings. The number of nitrogens with zero attached hydrogens (tertiary/aromatic N) is 3. The van der Waals surface area contributed by atoms with Crippen molar-refractivity contribution in [2.75, 3.05) is 23.3 Å². The Morgan fingerprint density at radius 3 is 2.77 bits per heavy atom. The Bertz CT molecular complexity index is 995. The summed E-state index contributed by atoms with van der Waals surface area (Å²) in [5.74, 6) is -0.902. The number of hydrogen-bond acceptors (Lipinski definition) is 5. The highest BCUT2D eigenvalue weighted by Gasteiger charge is 2.23. The summed E-state index contributed by atoms with van der Waals surface area (Å²) < 4.78 is 7.08. The molecule has 3 amide bonds. The molecule has 0 spiro atoms. The number of rotatable bonds is 6. The number of hydrogen-bond donors (Lipinski definition) is 2. The Morgan fingerprint density at radius 2 is 2.07 bits per heavy atom. The minimum absolute atomic E-state index is 0.0545. The van der Waals surface area contributed by atoms with Crippen LogP contribution in [0.4, 0.5) is 11.4 Å². The van der Waals surface area contributed by atoms with Crippen LogP contribution in [0.25, 0.3) is 0 Å². The van der Waals surface area contributed by atoms with Gasteiger partial charge >= 0.3 is 11.8 Å². The predicted octanol–water partition coefficient (Wildman–Crippen LogP) is 1.95. The van der Waals surface area contributed by atoms with Crippen LogP contribution in [-0.4, -0.2) is 40.6 Å². The number of benzene rings is 1. The molecular weight excluding hydrogens is 386 g/mol. The molecule has 4 rings (SSSR count). The summed E-state index contributed by atoms with van der Waals surface area (Å²) in [5, 5.41) is 9.39. The van der Waals surface area contributed by atoms with Gasteiger partial charge in [-0.05, 0) is 42.8 Å². The number of furan rings is 1. The first-order valence-corrected chi connectivity index (χ1v) is 9.64. The number of anilines is 2. The van der Waals surface area contributed by atoms with Gasteiger partial charge in [-0.2, -0.15) is 5.10 Å². The molecule has 154 valence electrons. The predicted molar refractivity (Wildman–Crippen MR) is 109 cm³/mol. The van der Waals surface area contributed by atoms with Crippen molar-refractivity contribution in [2.45, 2.75) is 18.9 Å². The van der Waals surface area contributed by atoms with E-state index in [0.29, 0.717) is 30.1 Å². The molecule has 0 saturated carbocycles. The average Bonchev–Trinajstić information content (AvgIpc) is 3.51. The molecule has 1 aromatic carbocycles. The van der Waals surface area contributed by atoms with Crippen molar-refractivity contribution in [3.05, 3.63) is 66.9 Å². The number of carbonyl (C=O) groups is 3. The second-order valence-electron chi connectivity index (χ2n) is 6.88. The Morgan fingerprint density at radius 1 is 1.17 bits per heavy atom. The number of nitrogens with one attached hydrogen (secondary N) is 2. The molecule has 9 nitrogen and oxygen atoms in total. The van der Waals surface area contributed by atoms with Crippen LogP contribution in [0, 0.1) is 0 Å². The SMILES string of the molecule is O=C(NC[C@H](c1ccco1)n1cccn1)C(=O)Nc1cccc(N2CCCC2=O)c1. The lowest BCUT2D eigenvalue weighted by Gasteiger charge is -2.17. The number of carbonyl (C=O) groups excluding carboxylic acids is 3. The average molecular weight is 407 g/mol. The third-order valence-corrected chi connectivity index (χ3v) is 4.87. The normalized spacial score (nSPS) is 14.5. The summed E-state index contributed by atoms with van der Waals surface area (Å²) in [6.45, 7) is 0.780. The molecule has 2 N–H and O–H groups in total. The summed E-state index contributed by atoms with van der Waals surface area (Å²) in [7, 11) is 0. The van der Waals surface area contributed by atoms with Gasteiger partial charge in [0.2, 0.25) is 5.91 Å². The van der Waals surface area contributed by atoms with Crippen molar-refractivity contribution in [1.82, 2.24) is 15.1 Å². The van der Waals surface area contributed by atoms with Crippen molar-refractivity contribution in [3.63, 3.8) is 0 Å². The van der Waals surface area contributed by atoms with Crippen LogP contribution in [0.15, 0.2) is 65.5 Å². The van der Waals surface area contributed by atoms with Crippen LogP contribution < -0.4 is 15.5 Å². The largest absolute Gasteiger partial charge is 0.467 e. The van der Waals surface area contributed by atoms with Gasteiger partial charge in [-0.15, -0.1) is 0 Å². The first kappa shape index (κ1) is 19.4. The summed E-state index contributed by atoms with van der Waals surface area (Å²) in [6.07, 6.45) is 6.25. The second kappa shape index (κ2) is 8.64.